The molecule has 2 rings (SSSR count). The molecular weight excluding hydrogens is 309 g/mol. The van der Waals surface area contributed by atoms with E-state index in [0.29, 0.717) is 10.0 Å². The minimum atomic E-state index is -0.197. The summed E-state index contributed by atoms with van der Waals surface area (Å²) >= 11 is 12.3. The molecule has 1 aromatic rings. The van der Waals surface area contributed by atoms with E-state index >= 15 is 0 Å². The summed E-state index contributed by atoms with van der Waals surface area (Å²) in [6, 6.07) is 5.88. The summed E-state index contributed by atoms with van der Waals surface area (Å²) in [4.78, 5) is 0. The van der Waals surface area contributed by atoms with E-state index < -0.39 is 0 Å². The third-order valence-corrected chi connectivity index (χ3v) is 4.86. The van der Waals surface area contributed by atoms with E-state index in [-0.39, 0.29) is 11.6 Å². The molecule has 118 valence electrons. The van der Waals surface area contributed by atoms with Crippen molar-refractivity contribution >= 4 is 23.2 Å². The van der Waals surface area contributed by atoms with Gasteiger partial charge in [-0.25, -0.2) is 0 Å². The van der Waals surface area contributed by atoms with Gasteiger partial charge in [-0.1, -0.05) is 36.2 Å². The second-order valence-corrected chi connectivity index (χ2v) is 6.28. The Morgan fingerprint density at radius 3 is 2.62 bits per heavy atom. The highest BCUT2D eigenvalue weighted by atomic mass is 35.5. The smallest absolute Gasteiger partial charge is 0.0877 e. The molecule has 1 atom stereocenters. The molecule has 1 saturated heterocycles. The largest absolute Gasteiger partial charge is 0.381 e. The molecule has 5 heteroatoms. The number of hydrogen-bond donors (Lipinski definition) is 1. The molecule has 1 aliphatic rings. The van der Waals surface area contributed by atoms with Crippen LogP contribution in [0.1, 0.15) is 25.3 Å². The quantitative estimate of drug-likeness (QED) is 0.861. The van der Waals surface area contributed by atoms with Crippen LogP contribution in [0.2, 0.25) is 10.0 Å². The van der Waals surface area contributed by atoms with E-state index in [4.69, 9.17) is 32.7 Å². The van der Waals surface area contributed by atoms with Crippen LogP contribution in [-0.4, -0.2) is 38.5 Å². The summed E-state index contributed by atoms with van der Waals surface area (Å²) < 4.78 is 11.4. The number of benzene rings is 1. The average Bonchev–Trinajstić information content (AvgIpc) is 2.50. The van der Waals surface area contributed by atoms with Crippen molar-refractivity contribution in [2.75, 3.05) is 26.9 Å². The third-order valence-electron chi connectivity index (χ3n) is 4.27. The molecule has 0 saturated carbocycles. The summed E-state index contributed by atoms with van der Waals surface area (Å²) in [5.41, 5.74) is 0.895. The van der Waals surface area contributed by atoms with E-state index in [1.54, 1.807) is 13.2 Å². The fourth-order valence-corrected chi connectivity index (χ4v) is 3.50. The number of likely N-dealkylation sites (N-methyl/N-ethyl adjacent to an activating group) is 1. The van der Waals surface area contributed by atoms with Crippen molar-refractivity contribution in [1.82, 2.24) is 5.32 Å². The van der Waals surface area contributed by atoms with Crippen molar-refractivity contribution < 1.29 is 9.47 Å². The van der Waals surface area contributed by atoms with Crippen LogP contribution in [0.3, 0.4) is 0 Å². The van der Waals surface area contributed by atoms with Gasteiger partial charge in [-0.2, -0.15) is 0 Å². The van der Waals surface area contributed by atoms with Crippen LogP contribution < -0.4 is 5.32 Å². The van der Waals surface area contributed by atoms with Crippen LogP contribution in [-0.2, 0) is 15.9 Å². The van der Waals surface area contributed by atoms with Crippen molar-refractivity contribution in [3.8, 4) is 0 Å². The highest BCUT2D eigenvalue weighted by Gasteiger charge is 2.40. The zero-order valence-corrected chi connectivity index (χ0v) is 14.1. The summed E-state index contributed by atoms with van der Waals surface area (Å²) in [5.74, 6) is 0. The molecule has 0 aliphatic carbocycles. The molecule has 1 aromatic carbocycles. The van der Waals surface area contributed by atoms with Gasteiger partial charge in [-0.15, -0.1) is 0 Å². The van der Waals surface area contributed by atoms with Gasteiger partial charge in [-0.3, -0.25) is 0 Å². The fourth-order valence-electron chi connectivity index (χ4n) is 3.01. The zero-order chi connectivity index (χ0) is 15.3. The molecule has 21 heavy (non-hydrogen) atoms. The Kier molecular flexibility index (Phi) is 6.33. The number of ether oxygens (including phenoxy) is 2. The number of hydrogen-bond acceptors (Lipinski definition) is 3. The van der Waals surface area contributed by atoms with E-state index in [1.165, 1.54) is 0 Å². The van der Waals surface area contributed by atoms with Crippen molar-refractivity contribution in [2.24, 2.45) is 0 Å². The van der Waals surface area contributed by atoms with Gasteiger partial charge in [0.15, 0.2) is 0 Å². The topological polar surface area (TPSA) is 30.5 Å². The first-order valence-corrected chi connectivity index (χ1v) is 8.17. The minimum absolute atomic E-state index is 0.197. The van der Waals surface area contributed by atoms with Crippen LogP contribution in [0.4, 0.5) is 0 Å². The van der Waals surface area contributed by atoms with Crippen LogP contribution in [0.25, 0.3) is 0 Å². The Balaban J connectivity index is 2.21. The molecule has 0 spiro atoms. The molecule has 0 radical (unpaired) electrons. The molecule has 1 N–H and O–H groups in total. The molecule has 1 fully saturated rings. The average molecular weight is 332 g/mol. The molecule has 1 heterocycles. The highest BCUT2D eigenvalue weighted by molar-refractivity contribution is 6.35. The van der Waals surface area contributed by atoms with Gasteiger partial charge in [0.05, 0.1) is 5.60 Å². The maximum atomic E-state index is 6.32. The monoisotopic (exact) mass is 331 g/mol. The zero-order valence-electron chi connectivity index (χ0n) is 12.6. The second kappa shape index (κ2) is 7.80. The summed E-state index contributed by atoms with van der Waals surface area (Å²) in [5, 5.41) is 4.94. The first-order valence-electron chi connectivity index (χ1n) is 7.41. The van der Waals surface area contributed by atoms with Crippen molar-refractivity contribution in [3.05, 3.63) is 33.8 Å². The molecule has 0 amide bonds. The third kappa shape index (κ3) is 4.11. The lowest BCUT2D eigenvalue weighted by Crippen LogP contribution is -2.56. The van der Waals surface area contributed by atoms with Gasteiger partial charge >= 0.3 is 0 Å². The SMILES string of the molecule is CCNC(Cc1ccc(Cl)cc1Cl)C1(OC)CCOCC1. The van der Waals surface area contributed by atoms with Crippen molar-refractivity contribution in [1.29, 1.82) is 0 Å². The Morgan fingerprint density at radius 2 is 2.05 bits per heavy atom. The van der Waals surface area contributed by atoms with Gasteiger partial charge < -0.3 is 14.8 Å². The minimum Gasteiger partial charge on any atom is -0.381 e. The summed E-state index contributed by atoms with van der Waals surface area (Å²) in [7, 11) is 1.79. The molecule has 0 bridgehead atoms. The molecule has 1 aliphatic heterocycles. The van der Waals surface area contributed by atoms with Crippen LogP contribution >= 0.6 is 23.2 Å². The van der Waals surface area contributed by atoms with Crippen LogP contribution in [0.5, 0.6) is 0 Å². The number of rotatable bonds is 6. The maximum Gasteiger partial charge on any atom is 0.0877 e. The first kappa shape index (κ1) is 17.0. The van der Waals surface area contributed by atoms with E-state index in [9.17, 15) is 0 Å². The van der Waals surface area contributed by atoms with Crippen LogP contribution in [0, 0.1) is 0 Å². The molecule has 0 aromatic heterocycles. The Hall–Kier alpha value is -0.320. The summed E-state index contributed by atoms with van der Waals surface area (Å²) in [6.45, 7) is 4.48. The standard InChI is InChI=1S/C16H23Cl2NO2/c1-3-19-15(16(20-2)6-8-21-9-7-16)10-12-4-5-13(17)11-14(12)18/h4-5,11,15,19H,3,6-10H2,1-2H3. The molecule has 3 nitrogen and oxygen atoms in total. The van der Waals surface area contributed by atoms with Gasteiger partial charge in [0.1, 0.15) is 0 Å². The van der Waals surface area contributed by atoms with Gasteiger partial charge in [0, 0.05) is 49.3 Å². The Labute approximate surface area is 136 Å². The highest BCUT2D eigenvalue weighted by Crippen LogP contribution is 2.32. The fraction of sp³-hybridized carbons (Fsp3) is 0.625. The molecule has 1 unspecified atom stereocenters. The lowest BCUT2D eigenvalue weighted by Gasteiger charge is -2.43. The van der Waals surface area contributed by atoms with Gasteiger partial charge in [0.2, 0.25) is 0 Å². The van der Waals surface area contributed by atoms with Crippen LogP contribution in [0.15, 0.2) is 18.2 Å². The van der Waals surface area contributed by atoms with E-state index in [0.717, 1.165) is 44.6 Å². The first-order chi connectivity index (χ1) is 10.1. The van der Waals surface area contributed by atoms with E-state index in [1.807, 2.05) is 12.1 Å². The van der Waals surface area contributed by atoms with Crippen molar-refractivity contribution in [3.63, 3.8) is 0 Å². The predicted octanol–water partition coefficient (Wildman–Crippen LogP) is 3.71. The number of nitrogens with one attached hydrogen (secondary N) is 1. The second-order valence-electron chi connectivity index (χ2n) is 5.43. The number of methoxy groups -OCH3 is 1. The summed E-state index contributed by atoms with van der Waals surface area (Å²) in [6.07, 6.45) is 2.61. The number of halogens is 2. The lowest BCUT2D eigenvalue weighted by atomic mass is 9.82. The lowest BCUT2D eigenvalue weighted by molar-refractivity contribution is -0.110. The normalized spacial score (nSPS) is 19.4. The van der Waals surface area contributed by atoms with Gasteiger partial charge in [-0.05, 0) is 30.7 Å². The van der Waals surface area contributed by atoms with Gasteiger partial charge in [0.25, 0.3) is 0 Å². The van der Waals surface area contributed by atoms with E-state index in [2.05, 4.69) is 12.2 Å². The van der Waals surface area contributed by atoms with Crippen molar-refractivity contribution in [2.45, 2.75) is 37.8 Å². The Morgan fingerprint density at radius 1 is 1.33 bits per heavy atom. The Bertz CT molecular complexity index is 462. The molecular formula is C16H23Cl2NO2. The maximum absolute atomic E-state index is 6.32. The predicted molar refractivity (Wildman–Crippen MR) is 87.4 cm³/mol.